The van der Waals surface area contributed by atoms with Crippen molar-refractivity contribution in [2.75, 3.05) is 0 Å². The van der Waals surface area contributed by atoms with E-state index < -0.39 is 23.9 Å². The number of benzene rings is 2. The molecule has 0 saturated heterocycles. The smallest absolute Gasteiger partial charge is 0.275 e. The first-order valence-corrected chi connectivity index (χ1v) is 9.96. The third kappa shape index (κ3) is 3.96. The van der Waals surface area contributed by atoms with Crippen LogP contribution in [-0.2, 0) is 17.9 Å². The molecule has 2 N–H and O–H groups in total. The highest BCUT2D eigenvalue weighted by molar-refractivity contribution is 7.07. The van der Waals surface area contributed by atoms with Crippen molar-refractivity contribution in [3.63, 3.8) is 0 Å². The van der Waals surface area contributed by atoms with Gasteiger partial charge in [-0.2, -0.15) is 10.1 Å². The maximum absolute atomic E-state index is 12.7. The van der Waals surface area contributed by atoms with Crippen molar-refractivity contribution in [1.82, 2.24) is 14.3 Å². The van der Waals surface area contributed by atoms with Gasteiger partial charge in [0.1, 0.15) is 6.54 Å². The average Bonchev–Trinajstić information content (AvgIpc) is 3.17. The van der Waals surface area contributed by atoms with Gasteiger partial charge in [0, 0.05) is 23.5 Å². The van der Waals surface area contributed by atoms with E-state index in [-0.39, 0.29) is 11.1 Å². The predicted molar refractivity (Wildman–Crippen MR) is 113 cm³/mol. The number of amides is 2. The monoisotopic (exact) mass is 419 g/mol. The minimum absolute atomic E-state index is 0.0618. The van der Waals surface area contributed by atoms with Crippen LogP contribution in [0.5, 0.6) is 0 Å². The van der Waals surface area contributed by atoms with E-state index in [1.807, 2.05) is 46.5 Å². The summed E-state index contributed by atoms with van der Waals surface area (Å²) in [5, 5.41) is 6.46. The Morgan fingerprint density at radius 3 is 2.47 bits per heavy atom. The molecule has 0 aliphatic carbocycles. The molecule has 4 rings (SSSR count). The van der Waals surface area contributed by atoms with Crippen LogP contribution in [-0.4, -0.2) is 26.2 Å². The van der Waals surface area contributed by atoms with Crippen molar-refractivity contribution >= 4 is 33.9 Å². The number of primary amides is 1. The quantitative estimate of drug-likeness (QED) is 0.529. The fourth-order valence-corrected chi connectivity index (χ4v) is 3.83. The number of carbonyl (C=O) groups excluding carboxylic acids is 2. The van der Waals surface area contributed by atoms with Gasteiger partial charge in [-0.25, -0.2) is 4.68 Å². The second-order valence-corrected chi connectivity index (χ2v) is 7.40. The zero-order valence-corrected chi connectivity index (χ0v) is 16.6. The summed E-state index contributed by atoms with van der Waals surface area (Å²) in [6.07, 6.45) is 1.84. The maximum atomic E-state index is 12.7. The van der Waals surface area contributed by atoms with Crippen molar-refractivity contribution in [2.24, 2.45) is 10.7 Å². The van der Waals surface area contributed by atoms with Crippen LogP contribution in [0.25, 0.3) is 10.8 Å². The SMILES string of the molecule is NC(=O)c1nn(CC(=O)N=c2sccn2Cc2ccccc2)c(=O)c2ccccc12. The summed E-state index contributed by atoms with van der Waals surface area (Å²) in [5.41, 5.74) is 5.93. The zero-order valence-electron chi connectivity index (χ0n) is 15.8. The van der Waals surface area contributed by atoms with E-state index >= 15 is 0 Å². The van der Waals surface area contributed by atoms with E-state index in [1.54, 1.807) is 24.3 Å². The third-order valence-electron chi connectivity index (χ3n) is 4.46. The lowest BCUT2D eigenvalue weighted by Gasteiger charge is -2.07. The minimum Gasteiger partial charge on any atom is -0.364 e. The number of carbonyl (C=O) groups is 2. The Morgan fingerprint density at radius 1 is 1.03 bits per heavy atom. The molecule has 9 heteroatoms. The lowest BCUT2D eigenvalue weighted by Crippen LogP contribution is -2.30. The summed E-state index contributed by atoms with van der Waals surface area (Å²) in [6, 6.07) is 16.3. The Balaban J connectivity index is 1.67. The first kappa shape index (κ1) is 19.5. The van der Waals surface area contributed by atoms with E-state index in [2.05, 4.69) is 10.1 Å². The van der Waals surface area contributed by atoms with Gasteiger partial charge in [-0.15, -0.1) is 11.3 Å². The Morgan fingerprint density at radius 2 is 1.73 bits per heavy atom. The number of rotatable bonds is 5. The molecule has 4 aromatic rings. The molecule has 2 aromatic carbocycles. The van der Waals surface area contributed by atoms with Crippen molar-refractivity contribution < 1.29 is 9.59 Å². The van der Waals surface area contributed by atoms with E-state index in [4.69, 9.17) is 5.73 Å². The van der Waals surface area contributed by atoms with Crippen LogP contribution in [0, 0.1) is 0 Å². The molecule has 0 spiro atoms. The fourth-order valence-electron chi connectivity index (χ4n) is 3.08. The molecule has 0 saturated carbocycles. The third-order valence-corrected chi connectivity index (χ3v) is 5.26. The van der Waals surface area contributed by atoms with Crippen LogP contribution in [0.1, 0.15) is 16.1 Å². The average molecular weight is 419 g/mol. The summed E-state index contributed by atoms with van der Waals surface area (Å²) >= 11 is 1.32. The largest absolute Gasteiger partial charge is 0.364 e. The van der Waals surface area contributed by atoms with E-state index in [0.29, 0.717) is 16.7 Å². The van der Waals surface area contributed by atoms with Gasteiger partial charge in [-0.1, -0.05) is 48.5 Å². The molecular weight excluding hydrogens is 402 g/mol. The topological polar surface area (TPSA) is 112 Å². The Kier molecular flexibility index (Phi) is 5.36. The number of nitrogens with zero attached hydrogens (tertiary/aromatic N) is 4. The molecule has 150 valence electrons. The summed E-state index contributed by atoms with van der Waals surface area (Å²) in [6.45, 7) is 0.170. The summed E-state index contributed by atoms with van der Waals surface area (Å²) in [7, 11) is 0. The van der Waals surface area contributed by atoms with Crippen molar-refractivity contribution in [1.29, 1.82) is 0 Å². The highest BCUT2D eigenvalue weighted by Crippen LogP contribution is 2.12. The van der Waals surface area contributed by atoms with Crippen molar-refractivity contribution in [3.8, 4) is 0 Å². The van der Waals surface area contributed by atoms with E-state index in [9.17, 15) is 14.4 Å². The molecule has 2 aromatic heterocycles. The van der Waals surface area contributed by atoms with Gasteiger partial charge in [0.05, 0.1) is 5.39 Å². The first-order chi connectivity index (χ1) is 14.5. The summed E-state index contributed by atoms with van der Waals surface area (Å²) in [4.78, 5) is 41.7. The molecule has 0 bridgehead atoms. The normalized spacial score (nSPS) is 11.7. The highest BCUT2D eigenvalue weighted by atomic mass is 32.1. The van der Waals surface area contributed by atoms with Crippen LogP contribution in [0.3, 0.4) is 0 Å². The summed E-state index contributed by atoms with van der Waals surface area (Å²) < 4.78 is 2.78. The number of aromatic nitrogens is 3. The van der Waals surface area contributed by atoms with Crippen LogP contribution in [0.4, 0.5) is 0 Å². The van der Waals surface area contributed by atoms with Crippen molar-refractivity contribution in [3.05, 3.63) is 92.6 Å². The fraction of sp³-hybridized carbons (Fsp3) is 0.0952. The standard InChI is InChI=1S/C21H17N5O3S/c22-19(28)18-15-8-4-5-9-16(15)20(29)26(24-18)13-17(27)23-21-25(10-11-30-21)12-14-6-2-1-3-7-14/h1-11H,12-13H2,(H2,22,28). The van der Waals surface area contributed by atoms with Crippen LogP contribution in [0.15, 0.2) is 76.0 Å². The van der Waals surface area contributed by atoms with Crippen LogP contribution >= 0.6 is 11.3 Å². The van der Waals surface area contributed by atoms with Gasteiger partial charge in [-0.05, 0) is 11.6 Å². The molecule has 30 heavy (non-hydrogen) atoms. The predicted octanol–water partition coefficient (Wildman–Crippen LogP) is 1.53. The zero-order chi connectivity index (χ0) is 21.1. The molecule has 0 fully saturated rings. The lowest BCUT2D eigenvalue weighted by molar-refractivity contribution is -0.118. The molecule has 2 heterocycles. The Bertz CT molecular complexity index is 1370. The number of fused-ring (bicyclic) bond motifs is 1. The minimum atomic E-state index is -0.775. The lowest BCUT2D eigenvalue weighted by atomic mass is 10.1. The number of hydrogen-bond acceptors (Lipinski definition) is 5. The molecule has 2 amide bonds. The second kappa shape index (κ2) is 8.26. The second-order valence-electron chi connectivity index (χ2n) is 6.53. The van der Waals surface area contributed by atoms with Gasteiger partial charge in [-0.3, -0.25) is 14.4 Å². The molecule has 0 unspecified atom stereocenters. The first-order valence-electron chi connectivity index (χ1n) is 9.08. The number of thiazole rings is 1. The Hall–Kier alpha value is -3.85. The van der Waals surface area contributed by atoms with Crippen LogP contribution < -0.4 is 16.1 Å². The maximum Gasteiger partial charge on any atom is 0.275 e. The molecule has 0 aliphatic heterocycles. The van der Waals surface area contributed by atoms with Gasteiger partial charge < -0.3 is 10.3 Å². The van der Waals surface area contributed by atoms with E-state index in [1.165, 1.54) is 11.3 Å². The Labute approximate surface area is 174 Å². The van der Waals surface area contributed by atoms with E-state index in [0.717, 1.165) is 10.2 Å². The van der Waals surface area contributed by atoms with Crippen molar-refractivity contribution in [2.45, 2.75) is 13.1 Å². The molecule has 0 aliphatic rings. The van der Waals surface area contributed by atoms with Gasteiger partial charge in [0.25, 0.3) is 17.4 Å². The number of hydrogen-bond donors (Lipinski definition) is 1. The van der Waals surface area contributed by atoms with Crippen LogP contribution in [0.2, 0.25) is 0 Å². The molecule has 0 radical (unpaired) electrons. The summed E-state index contributed by atoms with van der Waals surface area (Å²) in [5.74, 6) is -1.33. The molecule has 8 nitrogen and oxygen atoms in total. The number of nitrogens with two attached hydrogens (primary N) is 1. The molecular formula is C21H17N5O3S. The molecule has 0 atom stereocenters. The van der Waals surface area contributed by atoms with Gasteiger partial charge in [0.15, 0.2) is 10.5 Å². The van der Waals surface area contributed by atoms with Gasteiger partial charge >= 0.3 is 0 Å². The highest BCUT2D eigenvalue weighted by Gasteiger charge is 2.15. The van der Waals surface area contributed by atoms with Gasteiger partial charge in [0.2, 0.25) is 0 Å².